The molecule has 0 radical (unpaired) electrons. The Morgan fingerprint density at radius 3 is 2.39 bits per heavy atom. The number of urea groups is 1. The average Bonchev–Trinajstić information content (AvgIpc) is 2.25. The second-order valence-corrected chi connectivity index (χ2v) is 5.46. The minimum Gasteiger partial charge on any atom is -0.481 e. The highest BCUT2D eigenvalue weighted by molar-refractivity contribution is 5.75. The van der Waals surface area contributed by atoms with E-state index >= 15 is 0 Å². The van der Waals surface area contributed by atoms with E-state index in [1.165, 1.54) is 0 Å². The quantitative estimate of drug-likeness (QED) is 0.737. The number of hydrogen-bond donors (Lipinski definition) is 2. The van der Waals surface area contributed by atoms with Crippen LogP contribution < -0.4 is 5.32 Å². The van der Waals surface area contributed by atoms with Crippen LogP contribution in [0.3, 0.4) is 0 Å². The molecule has 2 N–H and O–H groups in total. The van der Waals surface area contributed by atoms with Crippen LogP contribution >= 0.6 is 0 Å². The van der Waals surface area contributed by atoms with Crippen molar-refractivity contribution in [2.24, 2.45) is 0 Å². The van der Waals surface area contributed by atoms with Crippen molar-refractivity contribution in [2.45, 2.75) is 65.0 Å². The lowest BCUT2D eigenvalue weighted by Crippen LogP contribution is -2.51. The lowest BCUT2D eigenvalue weighted by Gasteiger charge is -2.31. The van der Waals surface area contributed by atoms with Gasteiger partial charge in [-0.15, -0.1) is 0 Å². The molecule has 0 saturated carbocycles. The van der Waals surface area contributed by atoms with Crippen LogP contribution in [0.15, 0.2) is 0 Å². The Labute approximate surface area is 110 Å². The van der Waals surface area contributed by atoms with E-state index in [4.69, 9.17) is 5.11 Å². The number of carbonyl (C=O) groups excluding carboxylic acids is 1. The lowest BCUT2D eigenvalue weighted by atomic mass is 9.98. The second-order valence-electron chi connectivity index (χ2n) is 5.46. The number of aliphatic carboxylic acids is 1. The number of amides is 2. The van der Waals surface area contributed by atoms with Crippen molar-refractivity contribution in [3.05, 3.63) is 0 Å². The average molecular weight is 258 g/mol. The lowest BCUT2D eigenvalue weighted by molar-refractivity contribution is -0.137. The van der Waals surface area contributed by atoms with Gasteiger partial charge in [-0.1, -0.05) is 13.3 Å². The first kappa shape index (κ1) is 16.7. The molecule has 18 heavy (non-hydrogen) atoms. The number of carboxylic acid groups (broad SMARTS) is 1. The Hall–Kier alpha value is -1.26. The van der Waals surface area contributed by atoms with Gasteiger partial charge in [0.05, 0.1) is 0 Å². The summed E-state index contributed by atoms with van der Waals surface area (Å²) in [6.45, 7) is 7.77. The number of hydrogen-bond acceptors (Lipinski definition) is 2. The zero-order valence-corrected chi connectivity index (χ0v) is 12.1. The van der Waals surface area contributed by atoms with Crippen molar-refractivity contribution < 1.29 is 14.7 Å². The molecule has 0 spiro atoms. The van der Waals surface area contributed by atoms with E-state index in [-0.39, 0.29) is 18.5 Å². The fraction of sp³-hybridized carbons (Fsp3) is 0.846. The molecule has 0 bridgehead atoms. The van der Waals surface area contributed by atoms with Crippen LogP contribution in [-0.2, 0) is 4.79 Å². The topological polar surface area (TPSA) is 69.6 Å². The van der Waals surface area contributed by atoms with Gasteiger partial charge in [0.15, 0.2) is 0 Å². The molecular weight excluding hydrogens is 232 g/mol. The number of nitrogens with one attached hydrogen (secondary N) is 1. The van der Waals surface area contributed by atoms with E-state index in [1.54, 1.807) is 11.9 Å². The van der Waals surface area contributed by atoms with Crippen molar-refractivity contribution in [3.63, 3.8) is 0 Å². The van der Waals surface area contributed by atoms with E-state index < -0.39 is 11.5 Å². The molecule has 0 saturated heterocycles. The van der Waals surface area contributed by atoms with Gasteiger partial charge in [-0.2, -0.15) is 0 Å². The van der Waals surface area contributed by atoms with Crippen molar-refractivity contribution in [3.8, 4) is 0 Å². The van der Waals surface area contributed by atoms with Gasteiger partial charge in [0.25, 0.3) is 0 Å². The van der Waals surface area contributed by atoms with Crippen molar-refractivity contribution in [1.29, 1.82) is 0 Å². The Morgan fingerprint density at radius 2 is 1.94 bits per heavy atom. The monoisotopic (exact) mass is 258 g/mol. The van der Waals surface area contributed by atoms with Gasteiger partial charge in [0.1, 0.15) is 0 Å². The molecule has 5 nitrogen and oxygen atoms in total. The van der Waals surface area contributed by atoms with E-state index in [0.29, 0.717) is 6.42 Å². The second kappa shape index (κ2) is 7.24. The molecule has 0 fully saturated rings. The summed E-state index contributed by atoms with van der Waals surface area (Å²) in [6, 6.07) is 0.0385. The van der Waals surface area contributed by atoms with Gasteiger partial charge in [-0.05, 0) is 33.6 Å². The highest BCUT2D eigenvalue weighted by Crippen LogP contribution is 2.13. The first-order chi connectivity index (χ1) is 8.19. The minimum absolute atomic E-state index is 0.0571. The third-order valence-corrected chi connectivity index (χ3v) is 3.10. The maximum Gasteiger partial charge on any atom is 0.317 e. The summed E-state index contributed by atoms with van der Waals surface area (Å²) in [4.78, 5) is 24.2. The van der Waals surface area contributed by atoms with Crippen LogP contribution in [0.2, 0.25) is 0 Å². The van der Waals surface area contributed by atoms with Crippen LogP contribution in [-0.4, -0.2) is 40.6 Å². The van der Waals surface area contributed by atoms with Gasteiger partial charge in [0, 0.05) is 25.0 Å². The highest BCUT2D eigenvalue weighted by Gasteiger charge is 2.24. The van der Waals surface area contributed by atoms with E-state index in [2.05, 4.69) is 12.2 Å². The predicted molar refractivity (Wildman–Crippen MR) is 71.6 cm³/mol. The summed E-state index contributed by atoms with van der Waals surface area (Å²) >= 11 is 0. The molecule has 0 aromatic rings. The summed E-state index contributed by atoms with van der Waals surface area (Å²) in [5.74, 6) is -0.843. The predicted octanol–water partition coefficient (Wildman–Crippen LogP) is 2.46. The molecule has 0 aromatic carbocycles. The highest BCUT2D eigenvalue weighted by atomic mass is 16.4. The molecular formula is C13H26N2O3. The molecule has 1 atom stereocenters. The molecule has 0 aliphatic rings. The molecule has 2 amide bonds. The first-order valence-electron chi connectivity index (χ1n) is 6.46. The summed E-state index contributed by atoms with van der Waals surface area (Å²) in [5.41, 5.74) is -0.504. The molecule has 0 rings (SSSR count). The normalized spacial score (nSPS) is 12.9. The van der Waals surface area contributed by atoms with Gasteiger partial charge in [0.2, 0.25) is 0 Å². The third-order valence-electron chi connectivity index (χ3n) is 3.10. The molecule has 0 aliphatic carbocycles. The van der Waals surface area contributed by atoms with Crippen LogP contribution in [0.1, 0.15) is 53.4 Å². The summed E-state index contributed by atoms with van der Waals surface area (Å²) < 4.78 is 0. The number of nitrogens with zero attached hydrogens (tertiary/aromatic N) is 1. The van der Waals surface area contributed by atoms with Crippen LogP contribution in [0, 0.1) is 0 Å². The number of carboxylic acids is 1. The third kappa shape index (κ3) is 6.47. The molecule has 106 valence electrons. The number of carbonyl (C=O) groups is 2. The van der Waals surface area contributed by atoms with E-state index in [0.717, 1.165) is 12.8 Å². The molecule has 0 aromatic heterocycles. The number of rotatable bonds is 7. The van der Waals surface area contributed by atoms with Gasteiger partial charge < -0.3 is 15.3 Å². The molecule has 0 heterocycles. The molecule has 5 heteroatoms. The Kier molecular flexibility index (Phi) is 6.73. The van der Waals surface area contributed by atoms with Crippen molar-refractivity contribution in [2.75, 3.05) is 7.05 Å². The summed E-state index contributed by atoms with van der Waals surface area (Å²) in [5, 5.41) is 11.5. The molecule has 1 unspecified atom stereocenters. The Bertz CT molecular complexity index is 290. The zero-order valence-electron chi connectivity index (χ0n) is 12.1. The largest absolute Gasteiger partial charge is 0.481 e. The Balaban J connectivity index is 4.31. The van der Waals surface area contributed by atoms with Crippen molar-refractivity contribution >= 4 is 12.0 Å². The minimum atomic E-state index is -0.843. The molecule has 0 aliphatic heterocycles. The standard InChI is InChI=1S/C13H26N2O3/c1-6-7-10(2)15(5)12(18)14-13(3,4)9-8-11(16)17/h10H,6-9H2,1-5H3,(H,14,18)(H,16,17). The fourth-order valence-corrected chi connectivity index (χ4v) is 1.67. The van der Waals surface area contributed by atoms with E-state index in [9.17, 15) is 9.59 Å². The first-order valence-corrected chi connectivity index (χ1v) is 6.46. The smallest absolute Gasteiger partial charge is 0.317 e. The summed E-state index contributed by atoms with van der Waals surface area (Å²) in [7, 11) is 1.77. The Morgan fingerprint density at radius 1 is 1.39 bits per heavy atom. The van der Waals surface area contributed by atoms with Gasteiger partial charge >= 0.3 is 12.0 Å². The van der Waals surface area contributed by atoms with Gasteiger partial charge in [-0.25, -0.2) is 4.79 Å². The van der Waals surface area contributed by atoms with Crippen LogP contribution in [0.25, 0.3) is 0 Å². The summed E-state index contributed by atoms with van der Waals surface area (Å²) in [6.07, 6.45) is 2.46. The van der Waals surface area contributed by atoms with Gasteiger partial charge in [-0.3, -0.25) is 4.79 Å². The maximum atomic E-state index is 12.0. The maximum absolute atomic E-state index is 12.0. The zero-order chi connectivity index (χ0) is 14.3. The van der Waals surface area contributed by atoms with Crippen molar-refractivity contribution in [1.82, 2.24) is 10.2 Å². The fourth-order valence-electron chi connectivity index (χ4n) is 1.67. The van der Waals surface area contributed by atoms with Crippen LogP contribution in [0.4, 0.5) is 4.79 Å². The SMILES string of the molecule is CCCC(C)N(C)C(=O)NC(C)(C)CCC(=O)O. The van der Waals surface area contributed by atoms with E-state index in [1.807, 2.05) is 20.8 Å². The van der Waals surface area contributed by atoms with Crippen LogP contribution in [0.5, 0.6) is 0 Å².